The minimum absolute atomic E-state index is 0.0174. The number of rotatable bonds is 5. The molecule has 1 atom stereocenters. The van der Waals surface area contributed by atoms with Gasteiger partial charge in [-0.25, -0.2) is 4.68 Å². The third kappa shape index (κ3) is 4.07. The Labute approximate surface area is 147 Å². The van der Waals surface area contributed by atoms with Crippen molar-refractivity contribution in [3.8, 4) is 5.69 Å². The second-order valence-electron chi connectivity index (χ2n) is 6.62. The number of hydrogen-bond acceptors (Lipinski definition) is 3. The Balaban J connectivity index is 1.66. The van der Waals surface area contributed by atoms with E-state index in [2.05, 4.69) is 5.10 Å². The number of aromatic nitrogens is 2. The zero-order valence-corrected chi connectivity index (χ0v) is 14.4. The average Bonchev–Trinajstić information content (AvgIpc) is 3.06. The molecule has 0 spiro atoms. The number of hydrogen-bond donors (Lipinski definition) is 1. The highest BCUT2D eigenvalue weighted by Crippen LogP contribution is 2.23. The van der Waals surface area contributed by atoms with E-state index < -0.39 is 5.97 Å². The van der Waals surface area contributed by atoms with Crippen LogP contribution >= 0.6 is 0 Å². The molecule has 3 rings (SSSR count). The summed E-state index contributed by atoms with van der Waals surface area (Å²) in [4.78, 5) is 25.3. The van der Waals surface area contributed by atoms with Gasteiger partial charge < -0.3 is 10.0 Å². The van der Waals surface area contributed by atoms with Crippen molar-refractivity contribution in [1.82, 2.24) is 14.7 Å². The Kier molecular flexibility index (Phi) is 5.16. The molecule has 0 radical (unpaired) electrons. The van der Waals surface area contributed by atoms with E-state index in [1.54, 1.807) is 6.20 Å². The molecule has 6 heteroatoms. The van der Waals surface area contributed by atoms with Crippen molar-refractivity contribution in [2.24, 2.45) is 5.92 Å². The molecule has 0 aliphatic carbocycles. The van der Waals surface area contributed by atoms with Crippen LogP contribution < -0.4 is 0 Å². The number of aryl methyl sites for hydroxylation is 1. The molecule has 25 heavy (non-hydrogen) atoms. The number of piperidine rings is 1. The van der Waals surface area contributed by atoms with Crippen molar-refractivity contribution in [3.05, 3.63) is 47.8 Å². The second-order valence-corrected chi connectivity index (χ2v) is 6.62. The Hall–Kier alpha value is -2.63. The summed E-state index contributed by atoms with van der Waals surface area (Å²) in [5, 5.41) is 13.1. The number of carbonyl (C=O) groups excluding carboxylic acids is 1. The van der Waals surface area contributed by atoms with Gasteiger partial charge in [-0.15, -0.1) is 0 Å². The number of carbonyl (C=O) groups is 2. The van der Waals surface area contributed by atoms with E-state index in [4.69, 9.17) is 5.11 Å². The highest BCUT2D eigenvalue weighted by molar-refractivity contribution is 5.94. The largest absolute Gasteiger partial charge is 0.481 e. The van der Waals surface area contributed by atoms with Crippen LogP contribution in [0.3, 0.4) is 0 Å². The number of benzene rings is 1. The average molecular weight is 341 g/mol. The minimum Gasteiger partial charge on any atom is -0.481 e. The van der Waals surface area contributed by atoms with Gasteiger partial charge >= 0.3 is 5.97 Å². The van der Waals surface area contributed by atoms with E-state index in [0.717, 1.165) is 30.8 Å². The molecule has 1 unspecified atom stereocenters. The van der Waals surface area contributed by atoms with Gasteiger partial charge in [-0.2, -0.15) is 5.10 Å². The summed E-state index contributed by atoms with van der Waals surface area (Å²) in [6, 6.07) is 9.40. The van der Waals surface area contributed by atoms with E-state index >= 15 is 0 Å². The lowest BCUT2D eigenvalue weighted by molar-refractivity contribution is -0.137. The first-order valence-corrected chi connectivity index (χ1v) is 8.67. The van der Waals surface area contributed by atoms with Crippen LogP contribution in [0.5, 0.6) is 0 Å². The van der Waals surface area contributed by atoms with Crippen molar-refractivity contribution in [1.29, 1.82) is 0 Å². The number of nitrogens with zero attached hydrogens (tertiary/aromatic N) is 3. The molecular formula is C19H23N3O3. The van der Waals surface area contributed by atoms with Gasteiger partial charge in [0.05, 0.1) is 5.69 Å². The van der Waals surface area contributed by atoms with Crippen LogP contribution in [0.4, 0.5) is 0 Å². The predicted octanol–water partition coefficient (Wildman–Crippen LogP) is 2.90. The topological polar surface area (TPSA) is 75.4 Å². The lowest BCUT2D eigenvalue weighted by atomic mass is 9.93. The molecule has 1 N–H and O–H groups in total. The minimum atomic E-state index is -0.770. The summed E-state index contributed by atoms with van der Waals surface area (Å²) in [5.74, 6) is -0.475. The van der Waals surface area contributed by atoms with Gasteiger partial charge in [0.2, 0.25) is 0 Å². The van der Waals surface area contributed by atoms with Crippen molar-refractivity contribution in [3.63, 3.8) is 0 Å². The van der Waals surface area contributed by atoms with Crippen LogP contribution in [-0.2, 0) is 4.79 Å². The van der Waals surface area contributed by atoms with Crippen LogP contribution in [0.2, 0.25) is 0 Å². The third-order valence-corrected chi connectivity index (χ3v) is 4.76. The Morgan fingerprint density at radius 2 is 2.00 bits per heavy atom. The summed E-state index contributed by atoms with van der Waals surface area (Å²) >= 11 is 0. The summed E-state index contributed by atoms with van der Waals surface area (Å²) in [5.41, 5.74) is 2.63. The van der Waals surface area contributed by atoms with Gasteiger partial charge in [-0.1, -0.05) is 0 Å². The maximum atomic E-state index is 12.7. The summed E-state index contributed by atoms with van der Waals surface area (Å²) in [6.07, 6.45) is 4.48. The fraction of sp³-hybridized carbons (Fsp3) is 0.421. The monoisotopic (exact) mass is 341 g/mol. The standard InChI is InChI=1S/C19H23N3O3/c1-14-10-11-20-22(14)17-7-5-16(6-8-17)19(25)21-12-2-3-15(13-21)4-9-18(23)24/h5-8,10-11,15H,2-4,9,12-13H2,1H3,(H,23,24). The molecule has 1 amide bonds. The SMILES string of the molecule is Cc1ccnn1-c1ccc(C(=O)N2CCCC(CCC(=O)O)C2)cc1. The van der Waals surface area contributed by atoms with E-state index in [0.29, 0.717) is 18.5 Å². The normalized spacial score (nSPS) is 17.5. The Morgan fingerprint density at radius 3 is 2.64 bits per heavy atom. The van der Waals surface area contributed by atoms with Gasteiger partial charge in [-0.05, 0) is 62.4 Å². The van der Waals surface area contributed by atoms with Crippen LogP contribution in [0.25, 0.3) is 5.69 Å². The van der Waals surface area contributed by atoms with Crippen molar-refractivity contribution in [2.45, 2.75) is 32.6 Å². The van der Waals surface area contributed by atoms with Crippen molar-refractivity contribution >= 4 is 11.9 Å². The number of aliphatic carboxylic acids is 1. The maximum absolute atomic E-state index is 12.7. The third-order valence-electron chi connectivity index (χ3n) is 4.76. The molecule has 2 aromatic rings. The summed E-state index contributed by atoms with van der Waals surface area (Å²) in [7, 11) is 0. The molecule has 0 bridgehead atoms. The first-order valence-electron chi connectivity index (χ1n) is 8.67. The number of amides is 1. The summed E-state index contributed by atoms with van der Waals surface area (Å²) < 4.78 is 1.83. The smallest absolute Gasteiger partial charge is 0.303 e. The fourth-order valence-corrected chi connectivity index (χ4v) is 3.38. The molecule has 1 aliphatic rings. The quantitative estimate of drug-likeness (QED) is 0.907. The number of carboxylic acids is 1. The lowest BCUT2D eigenvalue weighted by Crippen LogP contribution is -2.40. The van der Waals surface area contributed by atoms with Gasteiger partial charge in [0.1, 0.15) is 0 Å². The summed E-state index contributed by atoms with van der Waals surface area (Å²) in [6.45, 7) is 3.37. The fourth-order valence-electron chi connectivity index (χ4n) is 3.38. The van der Waals surface area contributed by atoms with Crippen LogP contribution in [0.1, 0.15) is 41.7 Å². The highest BCUT2D eigenvalue weighted by atomic mass is 16.4. The first kappa shape index (κ1) is 17.2. The van der Waals surface area contributed by atoms with E-state index in [9.17, 15) is 9.59 Å². The first-order chi connectivity index (χ1) is 12.0. The maximum Gasteiger partial charge on any atom is 0.303 e. The number of carboxylic acid groups (broad SMARTS) is 1. The zero-order chi connectivity index (χ0) is 17.8. The van der Waals surface area contributed by atoms with Gasteiger partial charge in [-0.3, -0.25) is 9.59 Å². The predicted molar refractivity (Wildman–Crippen MR) is 93.8 cm³/mol. The van der Waals surface area contributed by atoms with Gasteiger partial charge in [0.25, 0.3) is 5.91 Å². The zero-order valence-electron chi connectivity index (χ0n) is 14.4. The van der Waals surface area contributed by atoms with Crippen LogP contribution in [0.15, 0.2) is 36.5 Å². The Bertz CT molecular complexity index is 752. The molecule has 6 nitrogen and oxygen atoms in total. The molecule has 1 saturated heterocycles. The van der Waals surface area contributed by atoms with E-state index in [1.807, 2.05) is 46.8 Å². The molecule has 2 heterocycles. The molecule has 1 aromatic heterocycles. The van der Waals surface area contributed by atoms with Crippen LogP contribution in [-0.4, -0.2) is 44.8 Å². The van der Waals surface area contributed by atoms with Crippen molar-refractivity contribution in [2.75, 3.05) is 13.1 Å². The number of likely N-dealkylation sites (tertiary alicyclic amines) is 1. The van der Waals surface area contributed by atoms with E-state index in [-0.39, 0.29) is 18.2 Å². The molecule has 1 aromatic carbocycles. The molecule has 0 saturated carbocycles. The molecule has 1 aliphatic heterocycles. The van der Waals surface area contributed by atoms with Gasteiger partial charge in [0, 0.05) is 37.0 Å². The van der Waals surface area contributed by atoms with Crippen LogP contribution in [0, 0.1) is 12.8 Å². The lowest BCUT2D eigenvalue weighted by Gasteiger charge is -2.32. The highest BCUT2D eigenvalue weighted by Gasteiger charge is 2.24. The van der Waals surface area contributed by atoms with E-state index in [1.165, 1.54) is 0 Å². The molecule has 132 valence electrons. The molecule has 1 fully saturated rings. The Morgan fingerprint density at radius 1 is 1.24 bits per heavy atom. The second kappa shape index (κ2) is 7.51. The van der Waals surface area contributed by atoms with Gasteiger partial charge in [0.15, 0.2) is 0 Å². The van der Waals surface area contributed by atoms with Crippen molar-refractivity contribution < 1.29 is 14.7 Å². The molecular weight excluding hydrogens is 318 g/mol.